The van der Waals surface area contributed by atoms with Gasteiger partial charge < -0.3 is 9.01 Å². The predicted molar refractivity (Wildman–Crippen MR) is 63.2 cm³/mol. The van der Waals surface area contributed by atoms with Gasteiger partial charge in [0.05, 0.1) is 21.1 Å². The van der Waals surface area contributed by atoms with Crippen molar-refractivity contribution in [1.82, 2.24) is 0 Å². The van der Waals surface area contributed by atoms with E-state index in [-0.39, 0.29) is 0 Å². The summed E-state index contributed by atoms with van der Waals surface area (Å²) in [5.41, 5.74) is 0. The van der Waals surface area contributed by atoms with Gasteiger partial charge in [0.2, 0.25) is 0 Å². The van der Waals surface area contributed by atoms with E-state index in [4.69, 9.17) is 4.52 Å². The zero-order valence-electron chi connectivity index (χ0n) is 9.16. The van der Waals surface area contributed by atoms with Crippen molar-refractivity contribution >= 4 is 14.1 Å². The smallest absolute Gasteiger partial charge is 0.102 e. The molecule has 0 saturated carbocycles. The highest BCUT2D eigenvalue weighted by Gasteiger charge is 2.05. The second-order valence-corrected chi connectivity index (χ2v) is 5.40. The Balaban J connectivity index is 2.17. The molecule has 1 aromatic rings. The minimum absolute atomic E-state index is 0.480. The number of quaternary nitrogens is 1. The Hall–Kier alpha value is -0.430. The SMILES string of the molecule is C[N+](C)(C)CCOPc1ccccc1. The maximum Gasteiger partial charge on any atom is 0.102 e. The first kappa shape index (κ1) is 11.6. The Kier molecular flexibility index (Phi) is 4.53. The van der Waals surface area contributed by atoms with E-state index in [2.05, 4.69) is 33.3 Å². The average Bonchev–Trinajstić information content (AvgIpc) is 2.13. The number of likely N-dealkylation sites (N-methyl/N-ethyl adjacent to an activating group) is 1. The summed E-state index contributed by atoms with van der Waals surface area (Å²) >= 11 is 0. The number of nitrogens with zero attached hydrogens (tertiary/aromatic N) is 1. The molecule has 0 aromatic heterocycles. The molecule has 0 radical (unpaired) electrons. The van der Waals surface area contributed by atoms with Crippen LogP contribution in [0.5, 0.6) is 0 Å². The lowest BCUT2D eigenvalue weighted by Gasteiger charge is -2.23. The lowest BCUT2D eigenvalue weighted by Crippen LogP contribution is -2.37. The van der Waals surface area contributed by atoms with Gasteiger partial charge in [0.25, 0.3) is 0 Å². The normalized spacial score (nSPS) is 12.5. The molecule has 0 bridgehead atoms. The molecular weight excluding hydrogens is 193 g/mol. The van der Waals surface area contributed by atoms with Crippen LogP contribution < -0.4 is 5.30 Å². The van der Waals surface area contributed by atoms with Gasteiger partial charge in [-0.15, -0.1) is 0 Å². The molecule has 78 valence electrons. The highest BCUT2D eigenvalue weighted by Crippen LogP contribution is 2.11. The van der Waals surface area contributed by atoms with Crippen LogP contribution >= 0.6 is 8.81 Å². The van der Waals surface area contributed by atoms with Gasteiger partial charge in [-0.05, 0) is 5.30 Å². The molecule has 1 unspecified atom stereocenters. The van der Waals surface area contributed by atoms with Crippen molar-refractivity contribution in [2.45, 2.75) is 0 Å². The molecule has 2 nitrogen and oxygen atoms in total. The van der Waals surface area contributed by atoms with Crippen molar-refractivity contribution in [3.63, 3.8) is 0 Å². The van der Waals surface area contributed by atoms with Crippen molar-refractivity contribution in [1.29, 1.82) is 0 Å². The predicted octanol–water partition coefficient (Wildman–Crippen LogP) is 1.63. The van der Waals surface area contributed by atoms with E-state index in [0.29, 0.717) is 8.81 Å². The van der Waals surface area contributed by atoms with Crippen LogP contribution in [0.1, 0.15) is 0 Å². The van der Waals surface area contributed by atoms with Gasteiger partial charge in [0.1, 0.15) is 13.2 Å². The zero-order valence-corrected chi connectivity index (χ0v) is 10.2. The fraction of sp³-hybridized carbons (Fsp3) is 0.455. The quantitative estimate of drug-likeness (QED) is 0.409. The second kappa shape index (κ2) is 5.45. The summed E-state index contributed by atoms with van der Waals surface area (Å²) in [6.07, 6.45) is 0. The van der Waals surface area contributed by atoms with Gasteiger partial charge in [-0.1, -0.05) is 30.3 Å². The van der Waals surface area contributed by atoms with E-state index < -0.39 is 0 Å². The summed E-state index contributed by atoms with van der Waals surface area (Å²) in [7, 11) is 7.01. The van der Waals surface area contributed by atoms with Gasteiger partial charge in [-0.3, -0.25) is 0 Å². The topological polar surface area (TPSA) is 9.23 Å². The first-order valence-corrected chi connectivity index (χ1v) is 5.72. The minimum Gasteiger partial charge on any atom is -0.352 e. The number of rotatable bonds is 5. The second-order valence-electron chi connectivity index (χ2n) is 4.33. The molecule has 0 aliphatic carbocycles. The van der Waals surface area contributed by atoms with Crippen LogP contribution in [-0.2, 0) is 4.52 Å². The van der Waals surface area contributed by atoms with E-state index in [0.717, 1.165) is 17.6 Å². The number of benzene rings is 1. The van der Waals surface area contributed by atoms with Crippen LogP contribution in [0.3, 0.4) is 0 Å². The number of hydrogen-bond acceptors (Lipinski definition) is 1. The molecule has 0 amide bonds. The van der Waals surface area contributed by atoms with Crippen LogP contribution in [-0.4, -0.2) is 38.8 Å². The van der Waals surface area contributed by atoms with Gasteiger partial charge >= 0.3 is 0 Å². The van der Waals surface area contributed by atoms with E-state index in [1.54, 1.807) is 0 Å². The Bertz CT molecular complexity index is 256. The molecule has 0 N–H and O–H groups in total. The first-order chi connectivity index (χ1) is 6.58. The summed E-state index contributed by atoms with van der Waals surface area (Å²) in [6, 6.07) is 10.3. The molecule has 1 atom stereocenters. The Morgan fingerprint density at radius 3 is 2.36 bits per heavy atom. The fourth-order valence-corrected chi connectivity index (χ4v) is 1.65. The lowest BCUT2D eigenvalue weighted by molar-refractivity contribution is -0.870. The third kappa shape index (κ3) is 5.33. The molecule has 0 spiro atoms. The monoisotopic (exact) mass is 212 g/mol. The fourth-order valence-electron chi connectivity index (χ4n) is 0.960. The van der Waals surface area contributed by atoms with Crippen molar-refractivity contribution in [3.05, 3.63) is 30.3 Å². The van der Waals surface area contributed by atoms with E-state index in [9.17, 15) is 0 Å². The molecule has 0 saturated heterocycles. The summed E-state index contributed by atoms with van der Waals surface area (Å²) in [5.74, 6) is 0. The zero-order chi connectivity index (χ0) is 10.4. The van der Waals surface area contributed by atoms with Crippen LogP contribution in [0.25, 0.3) is 0 Å². The molecule has 0 aliphatic heterocycles. The third-order valence-electron chi connectivity index (χ3n) is 1.83. The van der Waals surface area contributed by atoms with E-state index in [1.807, 2.05) is 18.2 Å². The highest BCUT2D eigenvalue weighted by molar-refractivity contribution is 7.41. The molecule has 0 aliphatic rings. The molecule has 14 heavy (non-hydrogen) atoms. The molecule has 1 aromatic carbocycles. The minimum atomic E-state index is 0.480. The Morgan fingerprint density at radius 1 is 1.14 bits per heavy atom. The van der Waals surface area contributed by atoms with Crippen LogP contribution in [0, 0.1) is 0 Å². The van der Waals surface area contributed by atoms with Crippen molar-refractivity contribution in [2.24, 2.45) is 0 Å². The van der Waals surface area contributed by atoms with E-state index >= 15 is 0 Å². The maximum atomic E-state index is 5.61. The van der Waals surface area contributed by atoms with Crippen LogP contribution in [0.15, 0.2) is 30.3 Å². The van der Waals surface area contributed by atoms with Gasteiger partial charge in [-0.25, -0.2) is 0 Å². The van der Waals surface area contributed by atoms with Crippen molar-refractivity contribution < 1.29 is 9.01 Å². The van der Waals surface area contributed by atoms with Crippen LogP contribution in [0.2, 0.25) is 0 Å². The molecule has 0 heterocycles. The Morgan fingerprint density at radius 2 is 1.79 bits per heavy atom. The molecule has 1 rings (SSSR count). The Labute approximate surface area is 88.3 Å². The first-order valence-electron chi connectivity index (χ1n) is 4.81. The molecule has 0 fully saturated rings. The molecule has 3 heteroatoms. The summed E-state index contributed by atoms with van der Waals surface area (Å²) in [4.78, 5) is 0. The highest BCUT2D eigenvalue weighted by atomic mass is 31.1. The summed E-state index contributed by atoms with van der Waals surface area (Å²) in [5, 5.41) is 1.27. The summed E-state index contributed by atoms with van der Waals surface area (Å²) < 4.78 is 6.57. The molecular formula is C11H19NOP+. The lowest BCUT2D eigenvalue weighted by atomic mass is 10.4. The maximum absolute atomic E-state index is 5.61. The van der Waals surface area contributed by atoms with E-state index in [1.165, 1.54) is 5.30 Å². The van der Waals surface area contributed by atoms with Gasteiger partial charge in [-0.2, -0.15) is 0 Å². The van der Waals surface area contributed by atoms with Crippen LogP contribution in [0.4, 0.5) is 0 Å². The third-order valence-corrected chi connectivity index (χ3v) is 2.75. The summed E-state index contributed by atoms with van der Waals surface area (Å²) in [6.45, 7) is 1.89. The average molecular weight is 212 g/mol. The van der Waals surface area contributed by atoms with Gasteiger partial charge in [0.15, 0.2) is 0 Å². The van der Waals surface area contributed by atoms with Crippen molar-refractivity contribution in [3.8, 4) is 0 Å². The largest absolute Gasteiger partial charge is 0.352 e. The van der Waals surface area contributed by atoms with Crippen molar-refractivity contribution in [2.75, 3.05) is 34.3 Å². The van der Waals surface area contributed by atoms with Gasteiger partial charge in [0, 0.05) is 8.81 Å². The standard InChI is InChI=1S/C11H19NOP/c1-12(2,3)9-10-13-14-11-7-5-4-6-8-11/h4-8,14H,9-10H2,1-3H3/q+1. The number of hydrogen-bond donors (Lipinski definition) is 0.